The predicted molar refractivity (Wildman–Crippen MR) is 143 cm³/mol. The number of nitrogens with zero attached hydrogens (tertiary/aromatic N) is 2. The number of carbonyl (C=O) groups excluding carboxylic acids is 3. The van der Waals surface area contributed by atoms with E-state index in [9.17, 15) is 14.4 Å². The Hall–Kier alpha value is -4.01. The summed E-state index contributed by atoms with van der Waals surface area (Å²) in [6.45, 7) is 10.9. The summed E-state index contributed by atoms with van der Waals surface area (Å²) in [6, 6.07) is 12.1. The highest BCUT2D eigenvalue weighted by atomic mass is 16.6. The number of hydrogen-bond acceptors (Lipinski definition) is 7. The van der Waals surface area contributed by atoms with E-state index < -0.39 is 29.4 Å². The van der Waals surface area contributed by atoms with Crippen molar-refractivity contribution in [1.29, 1.82) is 0 Å². The van der Waals surface area contributed by atoms with E-state index in [2.05, 4.69) is 0 Å². The molecule has 37 heavy (non-hydrogen) atoms. The van der Waals surface area contributed by atoms with Crippen molar-refractivity contribution in [3.05, 3.63) is 59.8 Å². The Morgan fingerprint density at radius 1 is 0.919 bits per heavy atom. The zero-order valence-corrected chi connectivity index (χ0v) is 22.5. The van der Waals surface area contributed by atoms with Crippen LogP contribution in [0.4, 0.5) is 21.0 Å². The number of nitrogen functional groups attached to an aromatic ring is 1. The third-order valence-electron chi connectivity index (χ3n) is 5.33. The summed E-state index contributed by atoms with van der Waals surface area (Å²) in [5.74, 6) is -0.572. The summed E-state index contributed by atoms with van der Waals surface area (Å²) in [4.78, 5) is 40.3. The first-order valence-corrected chi connectivity index (χ1v) is 12.0. The number of carbonyl (C=O) groups is 3. The number of methoxy groups -OCH3 is 1. The quantitative estimate of drug-likeness (QED) is 0.264. The summed E-state index contributed by atoms with van der Waals surface area (Å²) in [7, 11) is 1.29. The van der Waals surface area contributed by atoms with Crippen LogP contribution in [0.3, 0.4) is 0 Å². The smallest absolute Gasteiger partial charge is 0.419 e. The summed E-state index contributed by atoms with van der Waals surface area (Å²) in [5.41, 5.74) is 6.97. The standard InChI is InChI=1S/C28H35N3O6/c1-27(2,3)36-25(33)30(20-13-11-19(29)12-14-20)16-15-18-17-31(26(34)37-28(4,5)6)23-21(18)9-8-10-22(23)24(32)35-7/h8-14,17H,15-16,29H2,1-7H3. The molecule has 9 nitrogen and oxygen atoms in total. The first-order valence-electron chi connectivity index (χ1n) is 12.0. The first kappa shape index (κ1) is 27.6. The second kappa shape index (κ2) is 10.5. The number of amides is 1. The first-order chi connectivity index (χ1) is 17.2. The van der Waals surface area contributed by atoms with Crippen molar-refractivity contribution in [2.45, 2.75) is 59.2 Å². The van der Waals surface area contributed by atoms with Crippen LogP contribution in [0.1, 0.15) is 57.5 Å². The van der Waals surface area contributed by atoms with E-state index in [0.717, 1.165) is 5.56 Å². The monoisotopic (exact) mass is 509 g/mol. The number of esters is 1. The van der Waals surface area contributed by atoms with Crippen molar-refractivity contribution in [1.82, 2.24) is 4.57 Å². The summed E-state index contributed by atoms with van der Waals surface area (Å²) >= 11 is 0. The Morgan fingerprint density at radius 2 is 1.54 bits per heavy atom. The maximum atomic E-state index is 13.1. The van der Waals surface area contributed by atoms with Crippen LogP contribution in [-0.2, 0) is 20.6 Å². The Labute approximate surface area is 217 Å². The Bertz CT molecular complexity index is 1300. The van der Waals surface area contributed by atoms with Gasteiger partial charge in [0.1, 0.15) is 11.2 Å². The number of benzene rings is 2. The second-order valence-electron chi connectivity index (χ2n) is 10.7. The number of fused-ring (bicyclic) bond motifs is 1. The van der Waals surface area contributed by atoms with Gasteiger partial charge < -0.3 is 19.9 Å². The molecule has 3 rings (SSSR count). The predicted octanol–water partition coefficient (Wildman–Crippen LogP) is 5.78. The van der Waals surface area contributed by atoms with E-state index in [1.54, 1.807) is 84.1 Å². The number of rotatable bonds is 5. The third kappa shape index (κ3) is 6.81. The van der Waals surface area contributed by atoms with Crippen LogP contribution in [0.2, 0.25) is 0 Å². The van der Waals surface area contributed by atoms with Gasteiger partial charge in [-0.05, 0) is 83.9 Å². The van der Waals surface area contributed by atoms with Crippen LogP contribution in [0.25, 0.3) is 10.9 Å². The van der Waals surface area contributed by atoms with Gasteiger partial charge in [0, 0.05) is 29.5 Å². The van der Waals surface area contributed by atoms with Crippen molar-refractivity contribution >= 4 is 40.4 Å². The average Bonchev–Trinajstić information content (AvgIpc) is 3.16. The van der Waals surface area contributed by atoms with Gasteiger partial charge in [0.25, 0.3) is 0 Å². The maximum Gasteiger partial charge on any atom is 0.419 e. The van der Waals surface area contributed by atoms with E-state index in [1.807, 2.05) is 6.07 Å². The molecule has 2 N–H and O–H groups in total. The third-order valence-corrected chi connectivity index (χ3v) is 5.33. The Balaban J connectivity index is 2.05. The lowest BCUT2D eigenvalue weighted by atomic mass is 10.1. The van der Waals surface area contributed by atoms with Gasteiger partial charge in [0.05, 0.1) is 18.2 Å². The van der Waals surface area contributed by atoms with E-state index in [0.29, 0.717) is 28.7 Å². The molecular formula is C28H35N3O6. The van der Waals surface area contributed by atoms with Gasteiger partial charge in [0.2, 0.25) is 0 Å². The molecule has 0 bridgehead atoms. The molecule has 0 fully saturated rings. The molecule has 0 atom stereocenters. The highest BCUT2D eigenvalue weighted by Gasteiger charge is 2.27. The lowest BCUT2D eigenvalue weighted by molar-refractivity contribution is 0.0539. The molecule has 3 aromatic rings. The fourth-order valence-electron chi connectivity index (χ4n) is 3.81. The molecule has 0 radical (unpaired) electrons. The summed E-state index contributed by atoms with van der Waals surface area (Å²) in [6.07, 6.45) is 0.869. The molecule has 1 amide bonds. The van der Waals surface area contributed by atoms with Gasteiger partial charge in [-0.2, -0.15) is 0 Å². The van der Waals surface area contributed by atoms with E-state index in [-0.39, 0.29) is 12.1 Å². The number of hydrogen-bond donors (Lipinski definition) is 1. The Kier molecular flexibility index (Phi) is 7.86. The van der Waals surface area contributed by atoms with Gasteiger partial charge in [0.15, 0.2) is 0 Å². The highest BCUT2D eigenvalue weighted by Crippen LogP contribution is 2.28. The van der Waals surface area contributed by atoms with Crippen molar-refractivity contribution in [2.24, 2.45) is 0 Å². The molecule has 0 aliphatic rings. The van der Waals surface area contributed by atoms with Crippen LogP contribution in [-0.4, -0.2) is 47.6 Å². The fraction of sp³-hybridized carbons (Fsp3) is 0.393. The normalized spacial score (nSPS) is 11.8. The molecule has 0 aliphatic carbocycles. The fourth-order valence-corrected chi connectivity index (χ4v) is 3.81. The summed E-state index contributed by atoms with van der Waals surface area (Å²) in [5, 5.41) is 0.676. The molecular weight excluding hydrogens is 474 g/mol. The van der Waals surface area contributed by atoms with Crippen molar-refractivity contribution < 1.29 is 28.6 Å². The van der Waals surface area contributed by atoms with Gasteiger partial charge in [-0.1, -0.05) is 12.1 Å². The van der Waals surface area contributed by atoms with Gasteiger partial charge >= 0.3 is 18.2 Å². The van der Waals surface area contributed by atoms with Gasteiger partial charge in [-0.25, -0.2) is 14.4 Å². The molecule has 0 aliphatic heterocycles. The molecule has 198 valence electrons. The van der Waals surface area contributed by atoms with Crippen LogP contribution in [0.5, 0.6) is 0 Å². The number of para-hydroxylation sites is 1. The number of anilines is 2. The SMILES string of the molecule is COC(=O)c1cccc2c(CCN(C(=O)OC(C)(C)C)c3ccc(N)cc3)cn(C(=O)OC(C)(C)C)c12. The molecule has 0 saturated carbocycles. The van der Waals surface area contributed by atoms with Gasteiger partial charge in [-0.15, -0.1) is 0 Å². The zero-order chi connectivity index (χ0) is 27.5. The maximum absolute atomic E-state index is 13.1. The molecule has 0 unspecified atom stereocenters. The lowest BCUT2D eigenvalue weighted by Crippen LogP contribution is -2.38. The number of nitrogens with two attached hydrogens (primary N) is 1. The minimum atomic E-state index is -0.739. The van der Waals surface area contributed by atoms with E-state index in [1.165, 1.54) is 16.6 Å². The minimum Gasteiger partial charge on any atom is -0.465 e. The van der Waals surface area contributed by atoms with Crippen molar-refractivity contribution in [3.63, 3.8) is 0 Å². The average molecular weight is 510 g/mol. The Morgan fingerprint density at radius 3 is 2.11 bits per heavy atom. The minimum absolute atomic E-state index is 0.236. The molecule has 1 heterocycles. The van der Waals surface area contributed by atoms with Crippen molar-refractivity contribution in [2.75, 3.05) is 24.3 Å². The van der Waals surface area contributed by atoms with Crippen molar-refractivity contribution in [3.8, 4) is 0 Å². The van der Waals surface area contributed by atoms with Crippen LogP contribution in [0, 0.1) is 0 Å². The van der Waals surface area contributed by atoms with Crippen LogP contribution < -0.4 is 10.6 Å². The second-order valence-corrected chi connectivity index (χ2v) is 10.7. The van der Waals surface area contributed by atoms with Gasteiger partial charge in [-0.3, -0.25) is 9.47 Å². The molecule has 9 heteroatoms. The van der Waals surface area contributed by atoms with E-state index in [4.69, 9.17) is 19.9 Å². The summed E-state index contributed by atoms with van der Waals surface area (Å²) < 4.78 is 17.5. The highest BCUT2D eigenvalue weighted by molar-refractivity contribution is 6.07. The molecule has 1 aromatic heterocycles. The van der Waals surface area contributed by atoms with E-state index >= 15 is 0 Å². The molecule has 0 spiro atoms. The zero-order valence-electron chi connectivity index (χ0n) is 22.5. The molecule has 0 saturated heterocycles. The lowest BCUT2D eigenvalue weighted by Gasteiger charge is -2.27. The number of aromatic nitrogens is 1. The van der Waals surface area contributed by atoms with Crippen LogP contribution >= 0.6 is 0 Å². The topological polar surface area (TPSA) is 113 Å². The van der Waals surface area contributed by atoms with Crippen LogP contribution in [0.15, 0.2) is 48.7 Å². The largest absolute Gasteiger partial charge is 0.465 e. The molecule has 2 aromatic carbocycles. The number of ether oxygens (including phenoxy) is 3.